The third kappa shape index (κ3) is 4.94. The molecule has 1 aliphatic heterocycles. The van der Waals surface area contributed by atoms with E-state index in [4.69, 9.17) is 4.74 Å². The van der Waals surface area contributed by atoms with Gasteiger partial charge in [-0.15, -0.1) is 0 Å². The standard InChI is InChI=1S/C16H24N2O2/c1-13(19)18-16-8-3-2-6-14(16)12-17-10-9-15-7-4-5-11-20-15/h2-3,6,8,15,17H,4-5,7,9-12H2,1H3,(H,18,19). The molecule has 1 atom stereocenters. The normalized spacial score (nSPS) is 18.8. The van der Waals surface area contributed by atoms with E-state index in [9.17, 15) is 4.79 Å². The molecule has 1 aromatic rings. The Kier molecular flexibility index (Phi) is 6.02. The van der Waals surface area contributed by atoms with Gasteiger partial charge < -0.3 is 15.4 Å². The fourth-order valence-corrected chi connectivity index (χ4v) is 2.51. The number of para-hydroxylation sites is 1. The number of amides is 1. The van der Waals surface area contributed by atoms with Crippen LogP contribution >= 0.6 is 0 Å². The molecule has 4 nitrogen and oxygen atoms in total. The van der Waals surface area contributed by atoms with Crippen molar-refractivity contribution in [3.8, 4) is 0 Å². The van der Waals surface area contributed by atoms with E-state index in [1.807, 2.05) is 24.3 Å². The van der Waals surface area contributed by atoms with Gasteiger partial charge in [0, 0.05) is 25.8 Å². The molecule has 1 amide bonds. The molecule has 1 aliphatic rings. The van der Waals surface area contributed by atoms with E-state index in [1.54, 1.807) is 0 Å². The van der Waals surface area contributed by atoms with Gasteiger partial charge in [0.15, 0.2) is 0 Å². The lowest BCUT2D eigenvalue weighted by Gasteiger charge is -2.22. The van der Waals surface area contributed by atoms with Crippen LogP contribution in [0.25, 0.3) is 0 Å². The molecule has 1 aromatic carbocycles. The number of carbonyl (C=O) groups is 1. The van der Waals surface area contributed by atoms with Crippen molar-refractivity contribution < 1.29 is 9.53 Å². The van der Waals surface area contributed by atoms with Crippen molar-refractivity contribution in [2.24, 2.45) is 0 Å². The molecular formula is C16H24N2O2. The van der Waals surface area contributed by atoms with Crippen LogP contribution in [0.15, 0.2) is 24.3 Å². The van der Waals surface area contributed by atoms with Crippen LogP contribution in [0, 0.1) is 0 Å². The topological polar surface area (TPSA) is 50.4 Å². The van der Waals surface area contributed by atoms with E-state index in [1.165, 1.54) is 26.2 Å². The molecular weight excluding hydrogens is 252 g/mol. The third-order valence-corrected chi connectivity index (χ3v) is 3.56. The molecule has 1 saturated heterocycles. The van der Waals surface area contributed by atoms with E-state index < -0.39 is 0 Å². The SMILES string of the molecule is CC(=O)Nc1ccccc1CNCCC1CCCCO1. The molecule has 0 aliphatic carbocycles. The summed E-state index contributed by atoms with van der Waals surface area (Å²) in [7, 11) is 0. The number of ether oxygens (including phenoxy) is 1. The zero-order chi connectivity index (χ0) is 14.2. The predicted octanol–water partition coefficient (Wildman–Crippen LogP) is 2.69. The van der Waals surface area contributed by atoms with Crippen LogP contribution in [-0.2, 0) is 16.1 Å². The zero-order valence-electron chi connectivity index (χ0n) is 12.2. The first-order valence-electron chi connectivity index (χ1n) is 7.43. The van der Waals surface area contributed by atoms with Crippen LogP contribution in [-0.4, -0.2) is 25.2 Å². The zero-order valence-corrected chi connectivity index (χ0v) is 12.2. The second-order valence-corrected chi connectivity index (χ2v) is 5.29. The molecule has 0 spiro atoms. The summed E-state index contributed by atoms with van der Waals surface area (Å²) in [6, 6.07) is 7.90. The Balaban J connectivity index is 1.74. The predicted molar refractivity (Wildman–Crippen MR) is 80.7 cm³/mol. The Morgan fingerprint density at radius 3 is 2.95 bits per heavy atom. The summed E-state index contributed by atoms with van der Waals surface area (Å²) in [5, 5.41) is 6.29. The Labute approximate surface area is 120 Å². The summed E-state index contributed by atoms with van der Waals surface area (Å²) < 4.78 is 5.71. The summed E-state index contributed by atoms with van der Waals surface area (Å²) in [5.74, 6) is -0.0342. The number of rotatable bonds is 6. The molecule has 0 saturated carbocycles. The van der Waals surface area contributed by atoms with Crippen LogP contribution in [0.2, 0.25) is 0 Å². The largest absolute Gasteiger partial charge is 0.378 e. The molecule has 0 bridgehead atoms. The molecule has 110 valence electrons. The molecule has 1 unspecified atom stereocenters. The van der Waals surface area contributed by atoms with E-state index >= 15 is 0 Å². The first kappa shape index (κ1) is 15.0. The van der Waals surface area contributed by atoms with E-state index in [-0.39, 0.29) is 5.91 Å². The quantitative estimate of drug-likeness (QED) is 0.785. The minimum absolute atomic E-state index is 0.0342. The summed E-state index contributed by atoms with van der Waals surface area (Å²) in [6.45, 7) is 4.16. The third-order valence-electron chi connectivity index (χ3n) is 3.56. The highest BCUT2D eigenvalue weighted by atomic mass is 16.5. The van der Waals surface area contributed by atoms with Crippen molar-refractivity contribution in [3.05, 3.63) is 29.8 Å². The fraction of sp³-hybridized carbons (Fsp3) is 0.562. The van der Waals surface area contributed by atoms with Gasteiger partial charge in [0.05, 0.1) is 6.10 Å². The van der Waals surface area contributed by atoms with Crippen molar-refractivity contribution in [2.45, 2.75) is 45.3 Å². The summed E-state index contributed by atoms with van der Waals surface area (Å²) in [4.78, 5) is 11.2. The Bertz CT molecular complexity index is 428. The molecule has 0 aromatic heterocycles. The molecule has 20 heavy (non-hydrogen) atoms. The highest BCUT2D eigenvalue weighted by Gasteiger charge is 2.12. The van der Waals surface area contributed by atoms with Gasteiger partial charge >= 0.3 is 0 Å². The maximum absolute atomic E-state index is 11.2. The minimum Gasteiger partial charge on any atom is -0.378 e. The van der Waals surface area contributed by atoms with Gasteiger partial charge in [0.25, 0.3) is 0 Å². The van der Waals surface area contributed by atoms with Crippen molar-refractivity contribution in [2.75, 3.05) is 18.5 Å². The van der Waals surface area contributed by atoms with E-state index in [0.29, 0.717) is 6.10 Å². The van der Waals surface area contributed by atoms with Crippen molar-refractivity contribution in [3.63, 3.8) is 0 Å². The van der Waals surface area contributed by atoms with E-state index in [2.05, 4.69) is 10.6 Å². The molecule has 4 heteroatoms. The number of anilines is 1. The monoisotopic (exact) mass is 276 g/mol. The molecule has 2 N–H and O–H groups in total. The Hall–Kier alpha value is -1.39. The van der Waals surface area contributed by atoms with Gasteiger partial charge in [0.2, 0.25) is 5.91 Å². The maximum Gasteiger partial charge on any atom is 0.221 e. The smallest absolute Gasteiger partial charge is 0.221 e. The number of hydrogen-bond acceptors (Lipinski definition) is 3. The second-order valence-electron chi connectivity index (χ2n) is 5.29. The van der Waals surface area contributed by atoms with Crippen LogP contribution in [0.3, 0.4) is 0 Å². The van der Waals surface area contributed by atoms with E-state index in [0.717, 1.165) is 37.4 Å². The lowest BCUT2D eigenvalue weighted by molar-refractivity contribution is -0.114. The van der Waals surface area contributed by atoms with Gasteiger partial charge in [-0.05, 0) is 43.9 Å². The lowest BCUT2D eigenvalue weighted by atomic mass is 10.1. The number of hydrogen-bond donors (Lipinski definition) is 2. The average molecular weight is 276 g/mol. The van der Waals surface area contributed by atoms with Gasteiger partial charge in [-0.2, -0.15) is 0 Å². The molecule has 0 radical (unpaired) electrons. The lowest BCUT2D eigenvalue weighted by Crippen LogP contribution is -2.25. The van der Waals surface area contributed by atoms with Gasteiger partial charge in [-0.3, -0.25) is 4.79 Å². The highest BCUT2D eigenvalue weighted by molar-refractivity contribution is 5.89. The van der Waals surface area contributed by atoms with Gasteiger partial charge in [0.1, 0.15) is 0 Å². The van der Waals surface area contributed by atoms with Crippen molar-refractivity contribution in [1.82, 2.24) is 5.32 Å². The average Bonchev–Trinajstić information content (AvgIpc) is 2.46. The number of benzene rings is 1. The summed E-state index contributed by atoms with van der Waals surface area (Å²) in [5.41, 5.74) is 2.01. The summed E-state index contributed by atoms with van der Waals surface area (Å²) >= 11 is 0. The maximum atomic E-state index is 11.2. The fourth-order valence-electron chi connectivity index (χ4n) is 2.51. The molecule has 1 heterocycles. The second kappa shape index (κ2) is 8.02. The van der Waals surface area contributed by atoms with Crippen molar-refractivity contribution >= 4 is 11.6 Å². The first-order valence-corrected chi connectivity index (χ1v) is 7.43. The molecule has 2 rings (SSSR count). The van der Waals surface area contributed by atoms with Crippen LogP contribution in [0.5, 0.6) is 0 Å². The van der Waals surface area contributed by atoms with Crippen LogP contribution < -0.4 is 10.6 Å². The Morgan fingerprint density at radius 2 is 2.20 bits per heavy atom. The summed E-state index contributed by atoms with van der Waals surface area (Å²) in [6.07, 6.45) is 5.15. The minimum atomic E-state index is -0.0342. The number of carbonyl (C=O) groups excluding carboxylic acids is 1. The number of nitrogens with one attached hydrogen (secondary N) is 2. The highest BCUT2D eigenvalue weighted by Crippen LogP contribution is 2.16. The Morgan fingerprint density at radius 1 is 1.35 bits per heavy atom. The first-order chi connectivity index (χ1) is 9.75. The van der Waals surface area contributed by atoms with Crippen molar-refractivity contribution in [1.29, 1.82) is 0 Å². The van der Waals surface area contributed by atoms with Crippen LogP contribution in [0.1, 0.15) is 38.2 Å². The van der Waals surface area contributed by atoms with Crippen LogP contribution in [0.4, 0.5) is 5.69 Å². The molecule has 1 fully saturated rings. The van der Waals surface area contributed by atoms with Gasteiger partial charge in [-0.1, -0.05) is 18.2 Å². The van der Waals surface area contributed by atoms with Gasteiger partial charge in [-0.25, -0.2) is 0 Å².